The number of carbonyl (C=O) groups is 1. The van der Waals surface area contributed by atoms with Crippen LogP contribution in [0.2, 0.25) is 5.15 Å². The minimum Gasteiger partial charge on any atom is -0.497 e. The number of alkyl halides is 3. The van der Waals surface area contributed by atoms with Gasteiger partial charge in [-0.2, -0.15) is 18.3 Å². The fourth-order valence-corrected chi connectivity index (χ4v) is 1.91. The molecular weight excluding hydrogens is 297 g/mol. The van der Waals surface area contributed by atoms with Crippen LogP contribution in [0.5, 0.6) is 5.75 Å². The smallest absolute Gasteiger partial charge is 0.435 e. The summed E-state index contributed by atoms with van der Waals surface area (Å²) in [5, 5.41) is 2.97. The van der Waals surface area contributed by atoms with Gasteiger partial charge in [-0.25, -0.2) is 4.68 Å². The summed E-state index contributed by atoms with van der Waals surface area (Å²) in [5.41, 5.74) is -1.75. The van der Waals surface area contributed by atoms with Gasteiger partial charge in [0, 0.05) is 6.07 Å². The topological polar surface area (TPSA) is 44.1 Å². The lowest BCUT2D eigenvalue weighted by molar-refractivity contribution is -0.141. The van der Waals surface area contributed by atoms with Crippen molar-refractivity contribution in [1.82, 2.24) is 9.78 Å². The number of nitrogens with zero attached hydrogens (tertiary/aromatic N) is 2. The van der Waals surface area contributed by atoms with Gasteiger partial charge >= 0.3 is 6.18 Å². The summed E-state index contributed by atoms with van der Waals surface area (Å²) in [5.74, 6) is 0.426. The van der Waals surface area contributed by atoms with Gasteiger partial charge in [-0.3, -0.25) is 4.79 Å². The Morgan fingerprint density at radius 1 is 1.40 bits per heavy atom. The van der Waals surface area contributed by atoms with Crippen LogP contribution in [0.4, 0.5) is 13.2 Å². The summed E-state index contributed by atoms with van der Waals surface area (Å²) >= 11 is 5.79. The first kappa shape index (κ1) is 14.4. The van der Waals surface area contributed by atoms with Gasteiger partial charge in [0.05, 0.1) is 18.4 Å². The van der Waals surface area contributed by atoms with Crippen LogP contribution in [0.25, 0.3) is 5.69 Å². The molecule has 2 aromatic rings. The molecule has 0 aliphatic rings. The van der Waals surface area contributed by atoms with Crippen LogP contribution in [0.3, 0.4) is 0 Å². The zero-order valence-corrected chi connectivity index (χ0v) is 10.9. The summed E-state index contributed by atoms with van der Waals surface area (Å²) in [6.07, 6.45) is -4.72. The number of rotatable bonds is 3. The maximum Gasteiger partial charge on any atom is 0.435 e. The quantitative estimate of drug-likeness (QED) is 0.817. The molecule has 0 saturated heterocycles. The van der Waals surface area contributed by atoms with Gasteiger partial charge in [0.1, 0.15) is 10.9 Å². The largest absolute Gasteiger partial charge is 0.497 e. The summed E-state index contributed by atoms with van der Waals surface area (Å²) in [6.45, 7) is 0. The van der Waals surface area contributed by atoms with Crippen LogP contribution in [0.1, 0.15) is 16.1 Å². The second-order valence-corrected chi connectivity index (χ2v) is 4.14. The molecule has 0 radical (unpaired) electrons. The highest BCUT2D eigenvalue weighted by Gasteiger charge is 2.39. The number of aldehydes is 1. The number of benzene rings is 1. The number of hydrogen-bond donors (Lipinski definition) is 0. The predicted molar refractivity (Wildman–Crippen MR) is 65.5 cm³/mol. The Balaban J connectivity index is 2.63. The molecule has 0 aliphatic carbocycles. The van der Waals surface area contributed by atoms with E-state index in [2.05, 4.69) is 5.10 Å². The van der Waals surface area contributed by atoms with Crippen molar-refractivity contribution in [2.45, 2.75) is 6.18 Å². The summed E-state index contributed by atoms with van der Waals surface area (Å²) in [4.78, 5) is 10.8. The number of carbonyl (C=O) groups excluding carboxylic acids is 1. The van der Waals surface area contributed by atoms with Gasteiger partial charge in [0.15, 0.2) is 12.0 Å². The van der Waals surface area contributed by atoms with Crippen molar-refractivity contribution in [1.29, 1.82) is 0 Å². The second-order valence-electron chi connectivity index (χ2n) is 3.78. The fourth-order valence-electron chi connectivity index (χ4n) is 1.64. The van der Waals surface area contributed by atoms with E-state index in [4.69, 9.17) is 16.3 Å². The van der Waals surface area contributed by atoms with Crippen molar-refractivity contribution in [3.05, 3.63) is 40.7 Å². The van der Waals surface area contributed by atoms with Crippen molar-refractivity contribution in [3.63, 3.8) is 0 Å². The van der Waals surface area contributed by atoms with E-state index < -0.39 is 22.6 Å². The van der Waals surface area contributed by atoms with Crippen LogP contribution >= 0.6 is 11.6 Å². The average molecular weight is 305 g/mol. The molecule has 0 aliphatic heterocycles. The first-order valence-corrected chi connectivity index (χ1v) is 5.71. The lowest BCUT2D eigenvalue weighted by Crippen LogP contribution is -2.09. The van der Waals surface area contributed by atoms with Crippen molar-refractivity contribution in [2.24, 2.45) is 0 Å². The van der Waals surface area contributed by atoms with Crippen molar-refractivity contribution in [3.8, 4) is 11.4 Å². The van der Waals surface area contributed by atoms with Crippen LogP contribution < -0.4 is 4.74 Å². The normalized spacial score (nSPS) is 11.4. The van der Waals surface area contributed by atoms with E-state index in [1.807, 2.05) is 0 Å². The average Bonchev–Trinajstić information content (AvgIpc) is 2.75. The highest BCUT2D eigenvalue weighted by atomic mass is 35.5. The predicted octanol–water partition coefficient (Wildman–Crippen LogP) is 3.37. The Hall–Kier alpha value is -2.02. The number of aromatic nitrogens is 2. The van der Waals surface area contributed by atoms with Gasteiger partial charge in [0.25, 0.3) is 0 Å². The van der Waals surface area contributed by atoms with E-state index in [1.165, 1.54) is 19.2 Å². The number of methoxy groups -OCH3 is 1. The zero-order valence-electron chi connectivity index (χ0n) is 10.1. The molecule has 0 fully saturated rings. The molecule has 1 aromatic carbocycles. The van der Waals surface area contributed by atoms with E-state index in [0.717, 1.165) is 4.68 Å². The lowest BCUT2D eigenvalue weighted by atomic mass is 10.2. The Labute approximate surface area is 116 Å². The van der Waals surface area contributed by atoms with Crippen LogP contribution in [0, 0.1) is 0 Å². The first-order valence-electron chi connectivity index (χ1n) is 5.33. The Kier molecular flexibility index (Phi) is 3.71. The second kappa shape index (κ2) is 5.16. The molecule has 1 heterocycles. The molecule has 0 amide bonds. The molecular formula is C12H8ClF3N2O2. The summed E-state index contributed by atoms with van der Waals surface area (Å²) in [7, 11) is 1.42. The Morgan fingerprint density at radius 2 is 2.10 bits per heavy atom. The van der Waals surface area contributed by atoms with Gasteiger partial charge in [-0.1, -0.05) is 17.7 Å². The van der Waals surface area contributed by atoms with Crippen LogP contribution in [-0.4, -0.2) is 23.2 Å². The van der Waals surface area contributed by atoms with Gasteiger partial charge in [0.2, 0.25) is 0 Å². The van der Waals surface area contributed by atoms with Gasteiger partial charge in [-0.05, 0) is 12.1 Å². The number of hydrogen-bond acceptors (Lipinski definition) is 3. The van der Waals surface area contributed by atoms with E-state index in [9.17, 15) is 18.0 Å². The third-order valence-electron chi connectivity index (χ3n) is 2.55. The van der Waals surface area contributed by atoms with Crippen LogP contribution in [-0.2, 0) is 6.18 Å². The first-order chi connectivity index (χ1) is 9.38. The van der Waals surface area contributed by atoms with Crippen LogP contribution in [0.15, 0.2) is 24.3 Å². The molecule has 0 unspecified atom stereocenters. The molecule has 0 spiro atoms. The number of ether oxygens (including phenoxy) is 1. The van der Waals surface area contributed by atoms with Crippen molar-refractivity contribution in [2.75, 3.05) is 7.11 Å². The van der Waals surface area contributed by atoms with Crippen molar-refractivity contribution >= 4 is 17.9 Å². The van der Waals surface area contributed by atoms with Crippen molar-refractivity contribution < 1.29 is 22.7 Å². The molecule has 0 saturated carbocycles. The van der Waals surface area contributed by atoms with Gasteiger partial charge in [-0.15, -0.1) is 0 Å². The SMILES string of the molecule is COc1cccc(-n2nc(C(F)(F)F)c(C=O)c2Cl)c1. The molecule has 4 nitrogen and oxygen atoms in total. The highest BCUT2D eigenvalue weighted by molar-refractivity contribution is 6.32. The van der Waals surface area contributed by atoms with E-state index >= 15 is 0 Å². The Bertz CT molecular complexity index is 653. The third-order valence-corrected chi connectivity index (χ3v) is 2.91. The Morgan fingerprint density at radius 3 is 2.60 bits per heavy atom. The molecule has 106 valence electrons. The monoisotopic (exact) mass is 304 g/mol. The minimum atomic E-state index is -4.76. The standard InChI is InChI=1S/C12H8ClF3N2O2/c1-20-8-4-2-3-7(5-8)18-11(13)9(6-19)10(17-18)12(14,15)16/h2-6H,1H3. The maximum atomic E-state index is 12.8. The maximum absolute atomic E-state index is 12.8. The molecule has 2 rings (SSSR count). The molecule has 0 atom stereocenters. The number of halogens is 4. The lowest BCUT2D eigenvalue weighted by Gasteiger charge is -2.05. The highest BCUT2D eigenvalue weighted by Crippen LogP contribution is 2.34. The minimum absolute atomic E-state index is 0.0365. The van der Waals surface area contributed by atoms with E-state index in [-0.39, 0.29) is 12.0 Å². The molecule has 1 aromatic heterocycles. The molecule has 0 bridgehead atoms. The van der Waals surface area contributed by atoms with Gasteiger partial charge < -0.3 is 4.74 Å². The zero-order chi connectivity index (χ0) is 14.9. The van der Waals surface area contributed by atoms with E-state index in [1.54, 1.807) is 12.1 Å². The fraction of sp³-hybridized carbons (Fsp3) is 0.167. The summed E-state index contributed by atoms with van der Waals surface area (Å²) in [6, 6.07) is 6.13. The summed E-state index contributed by atoms with van der Waals surface area (Å²) < 4.78 is 44.1. The molecule has 0 N–H and O–H groups in total. The third kappa shape index (κ3) is 2.49. The molecule has 8 heteroatoms. The van der Waals surface area contributed by atoms with E-state index in [0.29, 0.717) is 5.75 Å². The molecule has 20 heavy (non-hydrogen) atoms.